The quantitative estimate of drug-likeness (QED) is 0.212. The van der Waals surface area contributed by atoms with Crippen LogP contribution in [0.4, 0.5) is 23.8 Å². The average Bonchev–Trinajstić information content (AvgIpc) is 3.37. The molecule has 0 aliphatic carbocycles. The van der Waals surface area contributed by atoms with Crippen molar-refractivity contribution in [3.05, 3.63) is 64.6 Å². The monoisotopic (exact) mass is 681 g/mol. The van der Waals surface area contributed by atoms with Crippen LogP contribution in [0.2, 0.25) is 5.02 Å². The average molecular weight is 682 g/mol. The minimum atomic E-state index is -0.985. The molecular weight excluding hydrogens is 647 g/mol. The fourth-order valence-corrected chi connectivity index (χ4v) is 6.54. The van der Waals surface area contributed by atoms with E-state index in [1.165, 1.54) is 17.2 Å². The molecule has 10 nitrogen and oxygen atoms in total. The zero-order valence-electron chi connectivity index (χ0n) is 27.0. The van der Waals surface area contributed by atoms with Crippen molar-refractivity contribution in [3.8, 4) is 17.3 Å². The van der Waals surface area contributed by atoms with Crippen molar-refractivity contribution < 1.29 is 27.4 Å². The number of hydrogen-bond acceptors (Lipinski definition) is 8. The van der Waals surface area contributed by atoms with Crippen LogP contribution in [0, 0.1) is 18.2 Å². The number of anilines is 1. The largest absolute Gasteiger partial charge is 0.462 e. The van der Waals surface area contributed by atoms with Crippen molar-refractivity contribution in [3.63, 3.8) is 0 Å². The number of fused-ring (bicyclic) bond motifs is 2. The molecule has 3 atom stereocenters. The molecular formula is C34H35ClF3N7O3. The minimum absolute atomic E-state index is 0.00961. The van der Waals surface area contributed by atoms with Crippen molar-refractivity contribution in [2.75, 3.05) is 51.3 Å². The van der Waals surface area contributed by atoms with Gasteiger partial charge in [-0.2, -0.15) is 9.97 Å². The number of pyridine rings is 1. The maximum Gasteiger partial charge on any atom is 0.410 e. The van der Waals surface area contributed by atoms with E-state index in [1.807, 2.05) is 9.80 Å². The van der Waals surface area contributed by atoms with E-state index in [-0.39, 0.29) is 85.0 Å². The van der Waals surface area contributed by atoms with E-state index in [0.29, 0.717) is 16.6 Å². The summed E-state index contributed by atoms with van der Waals surface area (Å²) < 4.78 is 56.9. The number of amides is 1. The van der Waals surface area contributed by atoms with Gasteiger partial charge in [0.15, 0.2) is 5.82 Å². The molecule has 0 unspecified atom stereocenters. The van der Waals surface area contributed by atoms with Crippen molar-refractivity contribution in [2.24, 2.45) is 0 Å². The highest BCUT2D eigenvalue weighted by Crippen LogP contribution is 2.38. The summed E-state index contributed by atoms with van der Waals surface area (Å²) in [6.45, 7) is 13.9. The van der Waals surface area contributed by atoms with Gasteiger partial charge >= 0.3 is 12.1 Å². The van der Waals surface area contributed by atoms with Crippen LogP contribution >= 0.6 is 11.6 Å². The lowest BCUT2D eigenvalue weighted by Crippen LogP contribution is -2.57. The predicted octanol–water partition coefficient (Wildman–Crippen LogP) is 6.54. The van der Waals surface area contributed by atoms with E-state index in [4.69, 9.17) is 27.6 Å². The summed E-state index contributed by atoms with van der Waals surface area (Å²) >= 11 is 6.37. The molecule has 2 saturated heterocycles. The van der Waals surface area contributed by atoms with Crippen LogP contribution in [0.3, 0.4) is 0 Å². The molecule has 48 heavy (non-hydrogen) atoms. The van der Waals surface area contributed by atoms with Crippen LogP contribution in [-0.4, -0.2) is 101 Å². The number of ether oxygens (including phenoxy) is 2. The lowest BCUT2D eigenvalue weighted by Gasteiger charge is -2.40. The second kappa shape index (κ2) is 13.2. The second-order valence-electron chi connectivity index (χ2n) is 13.1. The molecule has 0 spiro atoms. The van der Waals surface area contributed by atoms with E-state index in [9.17, 15) is 13.6 Å². The van der Waals surface area contributed by atoms with Crippen molar-refractivity contribution >= 4 is 45.2 Å². The second-order valence-corrected chi connectivity index (χ2v) is 13.5. The number of piperazine rings is 1. The van der Waals surface area contributed by atoms with Gasteiger partial charge < -0.3 is 19.2 Å². The molecule has 2 aliphatic heterocycles. The molecule has 0 saturated carbocycles. The van der Waals surface area contributed by atoms with Crippen LogP contribution < -0.4 is 9.64 Å². The summed E-state index contributed by atoms with van der Waals surface area (Å²) in [7, 11) is 1.80. The summed E-state index contributed by atoms with van der Waals surface area (Å²) in [6.07, 6.45) is 0.215. The van der Waals surface area contributed by atoms with Gasteiger partial charge in [-0.1, -0.05) is 35.9 Å². The number of hydrogen-bond donors (Lipinski definition) is 0. The lowest BCUT2D eigenvalue weighted by atomic mass is 10.0. The highest BCUT2D eigenvalue weighted by Gasteiger charge is 2.37. The smallest absolute Gasteiger partial charge is 0.410 e. The third-order valence-electron chi connectivity index (χ3n) is 8.59. The van der Waals surface area contributed by atoms with Crippen LogP contribution in [0.5, 0.6) is 6.01 Å². The Morgan fingerprint density at radius 2 is 1.92 bits per heavy atom. The summed E-state index contributed by atoms with van der Waals surface area (Å²) in [4.78, 5) is 35.4. The molecule has 14 heteroatoms. The van der Waals surface area contributed by atoms with Gasteiger partial charge in [-0.3, -0.25) is 14.8 Å². The van der Waals surface area contributed by atoms with E-state index in [1.54, 1.807) is 52.1 Å². The number of carbonyl (C=O) groups excluding carboxylic acids is 1. The predicted molar refractivity (Wildman–Crippen MR) is 177 cm³/mol. The molecule has 2 fully saturated rings. The fraction of sp³-hybridized carbons (Fsp3) is 0.441. The summed E-state index contributed by atoms with van der Waals surface area (Å²) in [5.41, 5.74) is -0.622. The Balaban J connectivity index is 1.43. The van der Waals surface area contributed by atoms with E-state index < -0.39 is 35.5 Å². The Hall–Kier alpha value is -4.41. The molecule has 2 aliphatic rings. The van der Waals surface area contributed by atoms with Crippen molar-refractivity contribution in [2.45, 2.75) is 51.0 Å². The van der Waals surface area contributed by atoms with Crippen molar-refractivity contribution in [1.29, 1.82) is 0 Å². The van der Waals surface area contributed by atoms with Crippen LogP contribution in [0.25, 0.3) is 37.8 Å². The first-order valence-corrected chi connectivity index (χ1v) is 16.0. The molecule has 4 aromatic rings. The van der Waals surface area contributed by atoms with Gasteiger partial charge in [0.25, 0.3) is 0 Å². The van der Waals surface area contributed by atoms with Gasteiger partial charge in [-0.05, 0) is 45.7 Å². The molecule has 0 radical (unpaired) electrons. The topological polar surface area (TPSA) is 88.3 Å². The summed E-state index contributed by atoms with van der Waals surface area (Å²) in [5, 5.41) is 1.03. The summed E-state index contributed by atoms with van der Waals surface area (Å²) in [6, 6.07) is 6.97. The van der Waals surface area contributed by atoms with Crippen LogP contribution in [-0.2, 0) is 4.74 Å². The molecule has 0 bridgehead atoms. The molecule has 2 aromatic carbocycles. The Morgan fingerprint density at radius 1 is 1.12 bits per heavy atom. The normalized spacial score (nSPS) is 20.4. The number of aromatic nitrogens is 3. The van der Waals surface area contributed by atoms with Crippen LogP contribution in [0.1, 0.15) is 27.2 Å². The Labute approximate surface area is 281 Å². The number of likely N-dealkylation sites (tertiary alicyclic amines) is 1. The van der Waals surface area contributed by atoms with Gasteiger partial charge in [0, 0.05) is 49.4 Å². The standard InChI is InChI=1S/C34H35ClF3N7O3/c1-34(2,3)48-33(46)45-12-11-44(17-22(45)14-39-4)31-24-15-40-29(23-8-6-7-19-9-10-25(37)27(35)26(19)23)28(38)30(24)41-32(42-31)47-18-21-13-20(36)16-43(21)5/h6-10,15,20-22H,11-14,16-18H2,1-3,5H3/t20-,21-,22+/m1/s1. The van der Waals surface area contributed by atoms with Gasteiger partial charge in [-0.25, -0.2) is 24.5 Å². The van der Waals surface area contributed by atoms with Crippen molar-refractivity contribution in [1.82, 2.24) is 24.8 Å². The van der Waals surface area contributed by atoms with Gasteiger partial charge in [0.05, 0.1) is 10.4 Å². The van der Waals surface area contributed by atoms with Gasteiger partial charge in [-0.15, -0.1) is 0 Å². The van der Waals surface area contributed by atoms with E-state index in [2.05, 4.69) is 19.8 Å². The number of likely N-dealkylation sites (N-methyl/N-ethyl adjacent to an activating group) is 1. The Morgan fingerprint density at radius 3 is 2.62 bits per heavy atom. The van der Waals surface area contributed by atoms with Gasteiger partial charge in [0.1, 0.15) is 47.3 Å². The number of halogens is 4. The highest BCUT2D eigenvalue weighted by molar-refractivity contribution is 6.36. The number of rotatable bonds is 6. The molecule has 252 valence electrons. The third kappa shape index (κ3) is 6.64. The molecule has 6 rings (SSSR count). The number of benzene rings is 2. The van der Waals surface area contributed by atoms with Crippen LogP contribution in [0.15, 0.2) is 36.5 Å². The maximum absolute atomic E-state index is 16.7. The Bertz CT molecular complexity index is 1920. The third-order valence-corrected chi connectivity index (χ3v) is 8.96. The lowest BCUT2D eigenvalue weighted by molar-refractivity contribution is 0.0155. The highest BCUT2D eigenvalue weighted by atomic mass is 35.5. The maximum atomic E-state index is 16.7. The van der Waals surface area contributed by atoms with E-state index in [0.717, 1.165) is 0 Å². The zero-order valence-corrected chi connectivity index (χ0v) is 27.8. The number of alkyl halides is 1. The first-order valence-electron chi connectivity index (χ1n) is 15.6. The fourth-order valence-electron chi connectivity index (χ4n) is 6.27. The minimum Gasteiger partial charge on any atom is -0.462 e. The van der Waals surface area contributed by atoms with Gasteiger partial charge in [0.2, 0.25) is 6.54 Å². The molecule has 2 aromatic heterocycles. The van der Waals surface area contributed by atoms with E-state index >= 15 is 4.39 Å². The number of nitrogens with zero attached hydrogens (tertiary/aromatic N) is 7. The molecule has 1 amide bonds. The molecule has 0 N–H and O–H groups in total. The molecule has 4 heterocycles. The Kier molecular flexibility index (Phi) is 9.24. The first kappa shape index (κ1) is 33.5. The first-order chi connectivity index (χ1) is 22.8. The SMILES string of the molecule is [C-]#[N+]C[C@H]1CN(c2nc(OC[C@H]3C[C@@H](F)CN3C)nc3c(F)c(-c4cccc5ccc(F)c(Cl)c45)ncc23)CCN1C(=O)OC(C)(C)C. The number of carbonyl (C=O) groups is 1. The zero-order chi connectivity index (χ0) is 34.3. The summed E-state index contributed by atoms with van der Waals surface area (Å²) in [5.74, 6) is -1.14.